The number of nitrogens with zero attached hydrogens (tertiary/aromatic N) is 2. The standard InChI is InChI=1S/C20H30N4OS2/c1-3-21-20(22-13-16(2)17-6-12-26-15-17)23-14-18(19-5-4-11-27-19)24-7-9-25-10-8-24/h4-6,11-12,15-16,18H,3,7-10,13-14H2,1-2H3,(H2,21,22,23). The Morgan fingerprint density at radius 3 is 2.78 bits per heavy atom. The molecule has 0 aliphatic carbocycles. The molecule has 148 valence electrons. The monoisotopic (exact) mass is 406 g/mol. The number of thiophene rings is 2. The third-order valence-electron chi connectivity index (χ3n) is 4.80. The zero-order chi connectivity index (χ0) is 18.9. The first kappa shape index (κ1) is 20.3. The zero-order valence-corrected chi connectivity index (χ0v) is 17.8. The van der Waals surface area contributed by atoms with E-state index in [0.717, 1.165) is 51.9 Å². The van der Waals surface area contributed by atoms with E-state index in [1.165, 1.54) is 10.4 Å². The average molecular weight is 407 g/mol. The van der Waals surface area contributed by atoms with Gasteiger partial charge in [-0.05, 0) is 40.8 Å². The molecule has 1 aliphatic heterocycles. The summed E-state index contributed by atoms with van der Waals surface area (Å²) in [5.74, 6) is 1.33. The first-order valence-electron chi connectivity index (χ1n) is 9.67. The molecule has 3 heterocycles. The van der Waals surface area contributed by atoms with Crippen LogP contribution in [0.1, 0.15) is 36.2 Å². The number of guanidine groups is 1. The lowest BCUT2D eigenvalue weighted by Crippen LogP contribution is -2.46. The van der Waals surface area contributed by atoms with Crippen LogP contribution in [0.5, 0.6) is 0 Å². The maximum absolute atomic E-state index is 5.54. The van der Waals surface area contributed by atoms with Crippen LogP contribution in [0.25, 0.3) is 0 Å². The average Bonchev–Trinajstić information content (AvgIpc) is 3.41. The van der Waals surface area contributed by atoms with Crippen molar-refractivity contribution in [1.29, 1.82) is 0 Å². The van der Waals surface area contributed by atoms with E-state index in [1.54, 1.807) is 11.3 Å². The molecule has 2 atom stereocenters. The Labute approximate surface area is 170 Å². The lowest BCUT2D eigenvalue weighted by Gasteiger charge is -2.34. The summed E-state index contributed by atoms with van der Waals surface area (Å²) in [6.07, 6.45) is 0. The summed E-state index contributed by atoms with van der Waals surface area (Å²) in [4.78, 5) is 8.74. The van der Waals surface area contributed by atoms with E-state index in [1.807, 2.05) is 11.3 Å². The molecular weight excluding hydrogens is 376 g/mol. The largest absolute Gasteiger partial charge is 0.379 e. The summed E-state index contributed by atoms with van der Waals surface area (Å²) < 4.78 is 5.54. The zero-order valence-electron chi connectivity index (χ0n) is 16.2. The number of aliphatic imine (C=N–C) groups is 1. The van der Waals surface area contributed by atoms with E-state index in [9.17, 15) is 0 Å². The molecule has 0 radical (unpaired) electrons. The van der Waals surface area contributed by atoms with E-state index in [0.29, 0.717) is 12.0 Å². The summed E-state index contributed by atoms with van der Waals surface area (Å²) in [5, 5.41) is 13.5. The molecule has 2 aromatic heterocycles. The van der Waals surface area contributed by atoms with Crippen LogP contribution in [-0.2, 0) is 4.74 Å². The van der Waals surface area contributed by atoms with Gasteiger partial charge in [0.05, 0.1) is 19.3 Å². The molecule has 0 amide bonds. The number of morpholine rings is 1. The van der Waals surface area contributed by atoms with Gasteiger partial charge in [0.25, 0.3) is 0 Å². The van der Waals surface area contributed by atoms with E-state index < -0.39 is 0 Å². The van der Waals surface area contributed by atoms with Crippen molar-refractivity contribution in [3.8, 4) is 0 Å². The molecule has 0 spiro atoms. The first-order chi connectivity index (χ1) is 13.3. The fraction of sp³-hybridized carbons (Fsp3) is 0.550. The van der Waals surface area contributed by atoms with Gasteiger partial charge in [0.2, 0.25) is 0 Å². The Morgan fingerprint density at radius 1 is 1.26 bits per heavy atom. The lowest BCUT2D eigenvalue weighted by atomic mass is 10.1. The summed E-state index contributed by atoms with van der Waals surface area (Å²) >= 11 is 3.57. The molecule has 1 aliphatic rings. The fourth-order valence-electron chi connectivity index (χ4n) is 3.20. The van der Waals surface area contributed by atoms with Gasteiger partial charge in [-0.25, -0.2) is 0 Å². The highest BCUT2D eigenvalue weighted by Crippen LogP contribution is 2.25. The first-order valence-corrected chi connectivity index (χ1v) is 11.5. The van der Waals surface area contributed by atoms with Gasteiger partial charge in [-0.1, -0.05) is 13.0 Å². The van der Waals surface area contributed by atoms with E-state index >= 15 is 0 Å². The maximum atomic E-state index is 5.54. The normalized spacial score (nSPS) is 18.2. The number of hydrogen-bond donors (Lipinski definition) is 2. The summed E-state index contributed by atoms with van der Waals surface area (Å²) in [7, 11) is 0. The van der Waals surface area contributed by atoms with E-state index in [-0.39, 0.29) is 0 Å². The second-order valence-electron chi connectivity index (χ2n) is 6.74. The Kier molecular flexibility index (Phi) is 8.13. The van der Waals surface area contributed by atoms with Gasteiger partial charge in [-0.3, -0.25) is 9.89 Å². The molecule has 1 saturated heterocycles. The molecule has 7 heteroatoms. The highest BCUT2D eigenvalue weighted by Gasteiger charge is 2.23. The Bertz CT molecular complexity index is 666. The number of nitrogens with one attached hydrogen (secondary N) is 2. The van der Waals surface area contributed by atoms with Crippen LogP contribution in [0.15, 0.2) is 39.3 Å². The topological polar surface area (TPSA) is 48.9 Å². The molecule has 27 heavy (non-hydrogen) atoms. The molecular formula is C20H30N4OS2. The molecule has 5 nitrogen and oxygen atoms in total. The SMILES string of the molecule is CCNC(=NCC(C)c1ccsc1)NCC(c1cccs1)N1CCOCC1. The van der Waals surface area contributed by atoms with Gasteiger partial charge in [0, 0.05) is 43.5 Å². The van der Waals surface area contributed by atoms with Crippen molar-refractivity contribution in [3.63, 3.8) is 0 Å². The second kappa shape index (κ2) is 10.8. The predicted octanol–water partition coefficient (Wildman–Crippen LogP) is 3.54. The fourth-order valence-corrected chi connectivity index (χ4v) is 4.85. The van der Waals surface area contributed by atoms with Crippen LogP contribution >= 0.6 is 22.7 Å². The van der Waals surface area contributed by atoms with Gasteiger partial charge < -0.3 is 15.4 Å². The van der Waals surface area contributed by atoms with E-state index in [2.05, 4.69) is 63.7 Å². The Morgan fingerprint density at radius 2 is 2.11 bits per heavy atom. The molecule has 1 fully saturated rings. The van der Waals surface area contributed by atoms with Crippen LogP contribution in [0.4, 0.5) is 0 Å². The number of ether oxygens (including phenoxy) is 1. The molecule has 2 unspecified atom stereocenters. The minimum atomic E-state index is 0.354. The van der Waals surface area contributed by atoms with Gasteiger partial charge in [-0.15, -0.1) is 11.3 Å². The number of hydrogen-bond acceptors (Lipinski definition) is 5. The van der Waals surface area contributed by atoms with Crippen molar-refractivity contribution in [3.05, 3.63) is 44.8 Å². The molecule has 2 N–H and O–H groups in total. The van der Waals surface area contributed by atoms with Crippen LogP contribution in [0.3, 0.4) is 0 Å². The third kappa shape index (κ3) is 6.04. The van der Waals surface area contributed by atoms with Crippen molar-refractivity contribution in [2.24, 2.45) is 4.99 Å². The van der Waals surface area contributed by atoms with Crippen molar-refractivity contribution in [1.82, 2.24) is 15.5 Å². The van der Waals surface area contributed by atoms with Gasteiger partial charge in [-0.2, -0.15) is 11.3 Å². The lowest BCUT2D eigenvalue weighted by molar-refractivity contribution is 0.0177. The third-order valence-corrected chi connectivity index (χ3v) is 6.48. The minimum absolute atomic E-state index is 0.354. The predicted molar refractivity (Wildman–Crippen MR) is 116 cm³/mol. The highest BCUT2D eigenvalue weighted by atomic mass is 32.1. The number of rotatable bonds is 8. The summed E-state index contributed by atoms with van der Waals surface area (Å²) in [6.45, 7) is 10.4. The highest BCUT2D eigenvalue weighted by molar-refractivity contribution is 7.10. The Balaban J connectivity index is 1.62. The minimum Gasteiger partial charge on any atom is -0.379 e. The van der Waals surface area contributed by atoms with E-state index in [4.69, 9.17) is 9.73 Å². The van der Waals surface area contributed by atoms with Crippen molar-refractivity contribution < 1.29 is 4.74 Å². The van der Waals surface area contributed by atoms with Crippen LogP contribution in [0, 0.1) is 0 Å². The van der Waals surface area contributed by atoms with Gasteiger partial charge in [0.1, 0.15) is 0 Å². The smallest absolute Gasteiger partial charge is 0.191 e. The molecule has 0 aromatic carbocycles. The van der Waals surface area contributed by atoms with Gasteiger partial charge >= 0.3 is 0 Å². The van der Waals surface area contributed by atoms with Crippen LogP contribution in [0.2, 0.25) is 0 Å². The molecule has 3 rings (SSSR count). The quantitative estimate of drug-likeness (QED) is 0.520. The van der Waals surface area contributed by atoms with Crippen LogP contribution < -0.4 is 10.6 Å². The maximum Gasteiger partial charge on any atom is 0.191 e. The molecule has 2 aromatic rings. The Hall–Kier alpha value is -1.41. The van der Waals surface area contributed by atoms with Gasteiger partial charge in [0.15, 0.2) is 5.96 Å². The summed E-state index contributed by atoms with van der Waals surface area (Å²) in [6, 6.07) is 6.91. The molecule has 0 bridgehead atoms. The van der Waals surface area contributed by atoms with Crippen molar-refractivity contribution in [2.75, 3.05) is 45.9 Å². The second-order valence-corrected chi connectivity index (χ2v) is 8.50. The van der Waals surface area contributed by atoms with Crippen LogP contribution in [-0.4, -0.2) is 56.8 Å². The van der Waals surface area contributed by atoms with Crippen molar-refractivity contribution >= 4 is 28.6 Å². The van der Waals surface area contributed by atoms with Crippen molar-refractivity contribution in [2.45, 2.75) is 25.8 Å². The molecule has 0 saturated carbocycles. The summed E-state index contributed by atoms with van der Waals surface area (Å²) in [5.41, 5.74) is 1.37.